The quantitative estimate of drug-likeness (QED) is 0.173. The van der Waals surface area contributed by atoms with Crippen molar-refractivity contribution in [2.45, 2.75) is 115 Å². The Labute approximate surface area is 179 Å². The lowest BCUT2D eigenvalue weighted by molar-refractivity contribution is 0.0341. The van der Waals surface area contributed by atoms with Gasteiger partial charge in [0.2, 0.25) is 0 Å². The maximum atomic E-state index is 10.3. The summed E-state index contributed by atoms with van der Waals surface area (Å²) >= 11 is 0. The van der Waals surface area contributed by atoms with Crippen LogP contribution < -0.4 is 5.73 Å². The second kappa shape index (κ2) is 21.0. The average molecular weight is 419 g/mol. The van der Waals surface area contributed by atoms with E-state index < -0.39 is 12.2 Å². The number of aliphatic hydroxyl groups is 4. The summed E-state index contributed by atoms with van der Waals surface area (Å²) < 4.78 is 0. The minimum atomic E-state index is -0.838. The largest absolute Gasteiger partial charge is 0.396 e. The van der Waals surface area contributed by atoms with Crippen molar-refractivity contribution in [1.29, 1.82) is 0 Å². The average Bonchev–Trinajstić information content (AvgIpc) is 2.68. The summed E-state index contributed by atoms with van der Waals surface area (Å²) in [7, 11) is 0. The van der Waals surface area contributed by atoms with Crippen LogP contribution in [-0.4, -0.2) is 76.4 Å². The van der Waals surface area contributed by atoms with Crippen LogP contribution in [0.2, 0.25) is 0 Å². The minimum absolute atomic E-state index is 0.0268. The third-order valence-electron chi connectivity index (χ3n) is 5.53. The van der Waals surface area contributed by atoms with Gasteiger partial charge >= 0.3 is 0 Å². The van der Waals surface area contributed by atoms with Crippen molar-refractivity contribution in [3.63, 3.8) is 0 Å². The van der Waals surface area contributed by atoms with E-state index in [0.717, 1.165) is 19.3 Å². The monoisotopic (exact) mass is 418 g/mol. The van der Waals surface area contributed by atoms with E-state index in [4.69, 9.17) is 15.9 Å². The van der Waals surface area contributed by atoms with Crippen molar-refractivity contribution < 1.29 is 20.4 Å². The Kier molecular flexibility index (Phi) is 20.8. The van der Waals surface area contributed by atoms with Gasteiger partial charge in [-0.1, -0.05) is 84.0 Å². The van der Waals surface area contributed by atoms with Crippen molar-refractivity contribution in [3.8, 4) is 0 Å². The smallest absolute Gasteiger partial charge is 0.0897 e. The lowest BCUT2D eigenvalue weighted by Crippen LogP contribution is -2.45. The molecule has 6 nitrogen and oxygen atoms in total. The molecule has 0 saturated carbocycles. The molecule has 6 N–H and O–H groups in total. The Balaban J connectivity index is 3.77. The molecule has 0 bridgehead atoms. The number of hydrogen-bond donors (Lipinski definition) is 5. The Bertz CT molecular complexity index is 334. The van der Waals surface area contributed by atoms with Gasteiger partial charge in [0.15, 0.2) is 0 Å². The fourth-order valence-corrected chi connectivity index (χ4v) is 3.78. The molecule has 0 aliphatic heterocycles. The predicted octanol–water partition coefficient (Wildman–Crippen LogP) is 2.80. The van der Waals surface area contributed by atoms with Gasteiger partial charge in [-0.3, -0.25) is 4.90 Å². The van der Waals surface area contributed by atoms with Crippen molar-refractivity contribution in [2.75, 3.05) is 32.8 Å². The Morgan fingerprint density at radius 3 is 1.62 bits per heavy atom. The molecule has 3 unspecified atom stereocenters. The number of unbranched alkanes of at least 4 members (excludes halogenated alkanes) is 11. The number of nitrogens with two attached hydrogens (primary N) is 1. The number of rotatable bonds is 22. The first kappa shape index (κ1) is 28.8. The standard InChI is InChI=1S/C23H50N2O4/c1-2-3-4-5-6-7-8-9-10-11-12-13-14-22(28)18-25(19-23(29)20-27)17-21(24)15-16-26/h21-23,26-29H,2-20,24H2,1H3. The van der Waals surface area contributed by atoms with Gasteiger partial charge in [-0.25, -0.2) is 0 Å². The van der Waals surface area contributed by atoms with E-state index in [1.54, 1.807) is 0 Å². The summed E-state index contributed by atoms with van der Waals surface area (Å²) in [4.78, 5) is 1.90. The molecule has 6 heteroatoms. The SMILES string of the molecule is CCCCCCCCCCCCCCC(O)CN(CC(N)CCO)CC(O)CO. The Morgan fingerprint density at radius 2 is 1.14 bits per heavy atom. The third-order valence-corrected chi connectivity index (χ3v) is 5.53. The normalized spacial score (nSPS) is 15.0. The summed E-state index contributed by atoms with van der Waals surface area (Å²) in [5.74, 6) is 0. The first-order valence-electron chi connectivity index (χ1n) is 12.1. The summed E-state index contributed by atoms with van der Waals surface area (Å²) in [6.45, 7) is 3.19. The van der Waals surface area contributed by atoms with E-state index in [1.165, 1.54) is 64.2 Å². The van der Waals surface area contributed by atoms with Gasteiger partial charge < -0.3 is 26.2 Å². The maximum Gasteiger partial charge on any atom is 0.0897 e. The van der Waals surface area contributed by atoms with Crippen LogP contribution in [0.4, 0.5) is 0 Å². The zero-order chi connectivity index (χ0) is 21.7. The van der Waals surface area contributed by atoms with E-state index in [1.807, 2.05) is 4.90 Å². The Hall–Kier alpha value is -0.240. The molecule has 0 aromatic heterocycles. The molecule has 0 heterocycles. The summed E-state index contributed by atoms with van der Waals surface area (Å²) in [6.07, 6.45) is 15.5. The van der Waals surface area contributed by atoms with E-state index in [2.05, 4.69) is 6.92 Å². The highest BCUT2D eigenvalue weighted by Gasteiger charge is 2.17. The van der Waals surface area contributed by atoms with Crippen LogP contribution >= 0.6 is 0 Å². The fourth-order valence-electron chi connectivity index (χ4n) is 3.78. The number of aliphatic hydroxyl groups excluding tert-OH is 4. The van der Waals surface area contributed by atoms with Crippen LogP contribution in [0, 0.1) is 0 Å². The van der Waals surface area contributed by atoms with Crippen LogP contribution in [0.3, 0.4) is 0 Å². The molecule has 0 amide bonds. The molecule has 0 spiro atoms. The highest BCUT2D eigenvalue weighted by Crippen LogP contribution is 2.13. The van der Waals surface area contributed by atoms with Gasteiger partial charge in [0.25, 0.3) is 0 Å². The lowest BCUT2D eigenvalue weighted by Gasteiger charge is -2.29. The summed E-state index contributed by atoms with van der Waals surface area (Å²) in [5, 5.41) is 38.1. The molecule has 0 saturated heterocycles. The molecule has 3 atom stereocenters. The zero-order valence-electron chi connectivity index (χ0n) is 19.0. The fraction of sp³-hybridized carbons (Fsp3) is 1.00. The number of hydrogen-bond acceptors (Lipinski definition) is 6. The topological polar surface area (TPSA) is 110 Å². The molecule has 29 heavy (non-hydrogen) atoms. The molecule has 0 fully saturated rings. The van der Waals surface area contributed by atoms with E-state index >= 15 is 0 Å². The van der Waals surface area contributed by atoms with Gasteiger partial charge in [0.05, 0.1) is 18.8 Å². The molecular formula is C23H50N2O4. The highest BCUT2D eigenvalue weighted by atomic mass is 16.3. The van der Waals surface area contributed by atoms with Crippen molar-refractivity contribution in [2.24, 2.45) is 5.73 Å². The second-order valence-corrected chi connectivity index (χ2v) is 8.66. The maximum absolute atomic E-state index is 10.3. The van der Waals surface area contributed by atoms with Crippen molar-refractivity contribution in [3.05, 3.63) is 0 Å². The van der Waals surface area contributed by atoms with Gasteiger partial charge in [-0.15, -0.1) is 0 Å². The van der Waals surface area contributed by atoms with Crippen molar-refractivity contribution >= 4 is 0 Å². The van der Waals surface area contributed by atoms with Gasteiger partial charge in [-0.2, -0.15) is 0 Å². The van der Waals surface area contributed by atoms with Crippen LogP contribution in [0.5, 0.6) is 0 Å². The highest BCUT2D eigenvalue weighted by molar-refractivity contribution is 4.74. The second-order valence-electron chi connectivity index (χ2n) is 8.66. The molecular weight excluding hydrogens is 368 g/mol. The third kappa shape index (κ3) is 19.5. The van der Waals surface area contributed by atoms with E-state index in [0.29, 0.717) is 19.5 Å². The Morgan fingerprint density at radius 1 is 0.655 bits per heavy atom. The van der Waals surface area contributed by atoms with E-state index in [-0.39, 0.29) is 25.8 Å². The van der Waals surface area contributed by atoms with Crippen LogP contribution in [0.1, 0.15) is 96.8 Å². The van der Waals surface area contributed by atoms with Gasteiger partial charge in [-0.05, 0) is 12.8 Å². The molecule has 0 radical (unpaired) electrons. The summed E-state index contributed by atoms with van der Waals surface area (Å²) in [5.41, 5.74) is 5.97. The number of nitrogens with zero attached hydrogens (tertiary/aromatic N) is 1. The van der Waals surface area contributed by atoms with Crippen LogP contribution in [-0.2, 0) is 0 Å². The van der Waals surface area contributed by atoms with E-state index in [9.17, 15) is 10.2 Å². The minimum Gasteiger partial charge on any atom is -0.396 e. The first-order valence-corrected chi connectivity index (χ1v) is 12.1. The lowest BCUT2D eigenvalue weighted by atomic mass is 10.0. The molecule has 0 aliphatic rings. The molecule has 176 valence electrons. The molecule has 0 rings (SSSR count). The van der Waals surface area contributed by atoms with Crippen molar-refractivity contribution in [1.82, 2.24) is 4.90 Å². The van der Waals surface area contributed by atoms with Gasteiger partial charge in [0.1, 0.15) is 0 Å². The zero-order valence-corrected chi connectivity index (χ0v) is 19.0. The van der Waals surface area contributed by atoms with Crippen LogP contribution in [0.25, 0.3) is 0 Å². The molecule has 0 aliphatic carbocycles. The molecule has 0 aromatic carbocycles. The first-order chi connectivity index (χ1) is 14.0. The van der Waals surface area contributed by atoms with Crippen LogP contribution in [0.15, 0.2) is 0 Å². The van der Waals surface area contributed by atoms with Gasteiger partial charge in [0, 0.05) is 32.3 Å². The summed E-state index contributed by atoms with van der Waals surface area (Å²) in [6, 6.07) is -0.204. The predicted molar refractivity (Wildman–Crippen MR) is 121 cm³/mol. The molecule has 0 aromatic rings.